The Balaban J connectivity index is 2.77. The van der Waals surface area contributed by atoms with Crippen LogP contribution in [0, 0.1) is 0 Å². The lowest BCUT2D eigenvalue weighted by Gasteiger charge is -2.16. The summed E-state index contributed by atoms with van der Waals surface area (Å²) < 4.78 is 0. The van der Waals surface area contributed by atoms with Crippen LogP contribution in [0.5, 0.6) is 0 Å². The van der Waals surface area contributed by atoms with Crippen molar-refractivity contribution in [3.63, 3.8) is 0 Å². The summed E-state index contributed by atoms with van der Waals surface area (Å²) in [6.45, 7) is 1.88. The SMILES string of the molecule is CCC(O)C(N)c1ccc(Cl)nc1. The number of rotatable bonds is 3. The van der Waals surface area contributed by atoms with E-state index in [1.807, 2.05) is 6.92 Å². The normalized spacial score (nSPS) is 15.4. The summed E-state index contributed by atoms with van der Waals surface area (Å²) >= 11 is 5.62. The maximum atomic E-state index is 9.46. The van der Waals surface area contributed by atoms with Crippen molar-refractivity contribution in [1.82, 2.24) is 4.98 Å². The van der Waals surface area contributed by atoms with Crippen LogP contribution in [0.25, 0.3) is 0 Å². The van der Waals surface area contributed by atoms with Crippen molar-refractivity contribution >= 4 is 11.6 Å². The Morgan fingerprint density at radius 3 is 2.77 bits per heavy atom. The van der Waals surface area contributed by atoms with Crippen LogP contribution in [-0.4, -0.2) is 16.2 Å². The molecule has 0 aliphatic heterocycles. The molecule has 1 aromatic heterocycles. The fourth-order valence-electron chi connectivity index (χ4n) is 1.06. The fourth-order valence-corrected chi connectivity index (χ4v) is 1.17. The Hall–Kier alpha value is -0.640. The van der Waals surface area contributed by atoms with Crippen molar-refractivity contribution in [3.8, 4) is 0 Å². The van der Waals surface area contributed by atoms with Gasteiger partial charge < -0.3 is 10.8 Å². The van der Waals surface area contributed by atoms with E-state index in [2.05, 4.69) is 4.98 Å². The summed E-state index contributed by atoms with van der Waals surface area (Å²) in [5.74, 6) is 0. The summed E-state index contributed by atoms with van der Waals surface area (Å²) in [4.78, 5) is 3.89. The van der Waals surface area contributed by atoms with Gasteiger partial charge in [-0.15, -0.1) is 0 Å². The molecule has 0 amide bonds. The number of aromatic nitrogens is 1. The number of pyridine rings is 1. The van der Waals surface area contributed by atoms with Crippen LogP contribution in [0.2, 0.25) is 5.15 Å². The second kappa shape index (κ2) is 4.56. The summed E-state index contributed by atoms with van der Waals surface area (Å²) in [7, 11) is 0. The smallest absolute Gasteiger partial charge is 0.129 e. The highest BCUT2D eigenvalue weighted by Gasteiger charge is 2.14. The molecule has 0 saturated heterocycles. The molecule has 72 valence electrons. The first kappa shape index (κ1) is 10.4. The van der Waals surface area contributed by atoms with E-state index < -0.39 is 6.10 Å². The van der Waals surface area contributed by atoms with Crippen molar-refractivity contribution in [2.75, 3.05) is 0 Å². The van der Waals surface area contributed by atoms with E-state index in [0.29, 0.717) is 11.6 Å². The van der Waals surface area contributed by atoms with E-state index >= 15 is 0 Å². The first-order valence-electron chi connectivity index (χ1n) is 4.20. The molecule has 0 bridgehead atoms. The molecule has 0 saturated carbocycles. The zero-order valence-corrected chi connectivity index (χ0v) is 8.20. The predicted octanol–water partition coefficient (Wildman–Crippen LogP) is 1.51. The van der Waals surface area contributed by atoms with Gasteiger partial charge in [0.15, 0.2) is 0 Å². The molecule has 0 aliphatic rings. The monoisotopic (exact) mass is 200 g/mol. The van der Waals surface area contributed by atoms with Crippen molar-refractivity contribution in [1.29, 1.82) is 0 Å². The fraction of sp³-hybridized carbons (Fsp3) is 0.444. The molecule has 1 aromatic rings. The van der Waals surface area contributed by atoms with Gasteiger partial charge in [0, 0.05) is 6.20 Å². The Morgan fingerprint density at radius 1 is 1.62 bits per heavy atom. The Labute approximate surface area is 82.5 Å². The van der Waals surface area contributed by atoms with E-state index in [1.165, 1.54) is 0 Å². The zero-order valence-electron chi connectivity index (χ0n) is 7.44. The summed E-state index contributed by atoms with van der Waals surface area (Å²) in [5, 5.41) is 9.90. The maximum absolute atomic E-state index is 9.46. The molecule has 2 unspecified atom stereocenters. The molecule has 4 heteroatoms. The molecule has 1 rings (SSSR count). The third-order valence-corrected chi connectivity index (χ3v) is 2.19. The van der Waals surface area contributed by atoms with E-state index in [1.54, 1.807) is 18.3 Å². The topological polar surface area (TPSA) is 59.1 Å². The minimum Gasteiger partial charge on any atom is -0.391 e. The highest BCUT2D eigenvalue weighted by atomic mass is 35.5. The van der Waals surface area contributed by atoms with Crippen LogP contribution >= 0.6 is 11.6 Å². The minimum atomic E-state index is -0.525. The van der Waals surface area contributed by atoms with Crippen LogP contribution in [0.1, 0.15) is 24.9 Å². The lowest BCUT2D eigenvalue weighted by atomic mass is 10.0. The lowest BCUT2D eigenvalue weighted by Crippen LogP contribution is -2.25. The molecule has 2 atom stereocenters. The molecule has 3 N–H and O–H groups in total. The minimum absolute atomic E-state index is 0.380. The first-order valence-corrected chi connectivity index (χ1v) is 4.58. The van der Waals surface area contributed by atoms with E-state index in [4.69, 9.17) is 17.3 Å². The van der Waals surface area contributed by atoms with Crippen molar-refractivity contribution in [2.24, 2.45) is 5.73 Å². The van der Waals surface area contributed by atoms with Gasteiger partial charge >= 0.3 is 0 Å². The van der Waals surface area contributed by atoms with Crippen molar-refractivity contribution in [2.45, 2.75) is 25.5 Å². The number of halogens is 1. The molecule has 3 nitrogen and oxygen atoms in total. The second-order valence-corrected chi connectivity index (χ2v) is 3.30. The van der Waals surface area contributed by atoms with Crippen LogP contribution < -0.4 is 5.73 Å². The second-order valence-electron chi connectivity index (χ2n) is 2.92. The van der Waals surface area contributed by atoms with Crippen LogP contribution in [0.4, 0.5) is 0 Å². The van der Waals surface area contributed by atoms with Gasteiger partial charge in [-0.3, -0.25) is 0 Å². The van der Waals surface area contributed by atoms with Gasteiger partial charge in [0.05, 0.1) is 12.1 Å². The Kier molecular flexibility index (Phi) is 3.66. The van der Waals surface area contributed by atoms with Crippen LogP contribution in [0.3, 0.4) is 0 Å². The lowest BCUT2D eigenvalue weighted by molar-refractivity contribution is 0.140. The average Bonchev–Trinajstić information content (AvgIpc) is 2.17. The third kappa shape index (κ3) is 2.66. The number of nitrogens with two attached hydrogens (primary N) is 1. The van der Waals surface area contributed by atoms with Gasteiger partial charge in [0.2, 0.25) is 0 Å². The quantitative estimate of drug-likeness (QED) is 0.728. The van der Waals surface area contributed by atoms with Gasteiger partial charge in [0.25, 0.3) is 0 Å². The molecule has 0 fully saturated rings. The summed E-state index contributed by atoms with van der Waals surface area (Å²) in [6, 6.07) is 3.06. The molecule has 0 aliphatic carbocycles. The number of hydrogen-bond donors (Lipinski definition) is 2. The molecular weight excluding hydrogens is 188 g/mol. The van der Waals surface area contributed by atoms with Crippen LogP contribution in [-0.2, 0) is 0 Å². The zero-order chi connectivity index (χ0) is 9.84. The largest absolute Gasteiger partial charge is 0.391 e. The van der Waals surface area contributed by atoms with E-state index in [-0.39, 0.29) is 6.04 Å². The van der Waals surface area contributed by atoms with Gasteiger partial charge in [-0.05, 0) is 18.1 Å². The highest BCUT2D eigenvalue weighted by molar-refractivity contribution is 6.29. The van der Waals surface area contributed by atoms with Crippen molar-refractivity contribution in [3.05, 3.63) is 29.0 Å². The molecular formula is C9H13ClN2O. The van der Waals surface area contributed by atoms with E-state index in [9.17, 15) is 5.11 Å². The Bertz CT molecular complexity index is 263. The van der Waals surface area contributed by atoms with Gasteiger partial charge in [-0.25, -0.2) is 4.98 Å². The first-order chi connectivity index (χ1) is 6.15. The van der Waals surface area contributed by atoms with E-state index in [0.717, 1.165) is 5.56 Å². The number of aliphatic hydroxyl groups is 1. The number of hydrogen-bond acceptors (Lipinski definition) is 3. The molecule has 0 spiro atoms. The highest BCUT2D eigenvalue weighted by Crippen LogP contribution is 2.16. The van der Waals surface area contributed by atoms with Gasteiger partial charge in [-0.1, -0.05) is 24.6 Å². The number of nitrogens with zero attached hydrogens (tertiary/aromatic N) is 1. The third-order valence-electron chi connectivity index (χ3n) is 1.97. The van der Waals surface area contributed by atoms with Crippen molar-refractivity contribution < 1.29 is 5.11 Å². The summed E-state index contributed by atoms with van der Waals surface area (Å²) in [5.41, 5.74) is 6.57. The van der Waals surface area contributed by atoms with Gasteiger partial charge in [0.1, 0.15) is 5.15 Å². The molecule has 0 radical (unpaired) electrons. The molecule has 1 heterocycles. The average molecular weight is 201 g/mol. The van der Waals surface area contributed by atoms with Gasteiger partial charge in [-0.2, -0.15) is 0 Å². The maximum Gasteiger partial charge on any atom is 0.129 e. The Morgan fingerprint density at radius 2 is 2.31 bits per heavy atom. The predicted molar refractivity (Wildman–Crippen MR) is 52.5 cm³/mol. The standard InChI is InChI=1S/C9H13ClN2O/c1-2-7(13)9(11)6-3-4-8(10)12-5-6/h3-5,7,9,13H,2,11H2,1H3. The molecule has 0 aromatic carbocycles. The molecule has 13 heavy (non-hydrogen) atoms. The number of aliphatic hydroxyl groups excluding tert-OH is 1. The summed E-state index contributed by atoms with van der Waals surface area (Å²) in [6.07, 6.45) is 1.69. The van der Waals surface area contributed by atoms with Crippen LogP contribution in [0.15, 0.2) is 18.3 Å².